The molecule has 1 radical (unpaired) electrons. The molecule has 0 aliphatic carbocycles. The standard InChI is InChI=1S/C12H24O2.Pr/c1-2-3-4-5-6-7-8-9-10-11-12(13)14;/h2-11H2,1H3,(H,13,14);. The maximum atomic E-state index is 10.2. The topological polar surface area (TPSA) is 37.3 Å². The molecule has 87 valence electrons. The van der Waals surface area contributed by atoms with Gasteiger partial charge in [0.15, 0.2) is 0 Å². The third kappa shape index (κ3) is 17.4. The predicted molar refractivity (Wildman–Crippen MR) is 59.5 cm³/mol. The number of carboxylic acid groups (broad SMARTS) is 1. The Kier molecular flexibility index (Phi) is 18.0. The molecule has 0 rings (SSSR count). The van der Waals surface area contributed by atoms with Gasteiger partial charge in [-0.05, 0) is 6.42 Å². The van der Waals surface area contributed by atoms with E-state index in [1.165, 1.54) is 44.9 Å². The summed E-state index contributed by atoms with van der Waals surface area (Å²) in [6.07, 6.45) is 11.5. The average molecular weight is 341 g/mol. The second-order valence-corrected chi connectivity index (χ2v) is 3.97. The van der Waals surface area contributed by atoms with Crippen LogP contribution in [0.5, 0.6) is 0 Å². The zero-order valence-electron chi connectivity index (χ0n) is 10.0. The zero-order valence-corrected chi connectivity index (χ0v) is 13.7. The van der Waals surface area contributed by atoms with Gasteiger partial charge in [-0.1, -0.05) is 58.3 Å². The van der Waals surface area contributed by atoms with Crippen molar-refractivity contribution in [2.24, 2.45) is 0 Å². The van der Waals surface area contributed by atoms with Gasteiger partial charge >= 0.3 is 5.97 Å². The van der Waals surface area contributed by atoms with E-state index in [9.17, 15) is 4.79 Å². The van der Waals surface area contributed by atoms with Gasteiger partial charge in [0.2, 0.25) is 0 Å². The van der Waals surface area contributed by atoms with Gasteiger partial charge in [0, 0.05) is 47.7 Å². The van der Waals surface area contributed by atoms with Crippen molar-refractivity contribution in [3.05, 3.63) is 0 Å². The van der Waals surface area contributed by atoms with Crippen molar-refractivity contribution in [1.29, 1.82) is 0 Å². The number of rotatable bonds is 10. The van der Waals surface area contributed by atoms with Gasteiger partial charge in [-0.25, -0.2) is 0 Å². The van der Waals surface area contributed by atoms with Crippen molar-refractivity contribution in [2.75, 3.05) is 0 Å². The van der Waals surface area contributed by atoms with Gasteiger partial charge in [0.05, 0.1) is 0 Å². The van der Waals surface area contributed by atoms with Crippen molar-refractivity contribution in [2.45, 2.75) is 71.1 Å². The molecule has 15 heavy (non-hydrogen) atoms. The molecule has 0 aromatic rings. The largest absolute Gasteiger partial charge is 0.481 e. The van der Waals surface area contributed by atoms with Crippen molar-refractivity contribution >= 4 is 5.97 Å². The molecule has 0 spiro atoms. The fraction of sp³-hybridized carbons (Fsp3) is 0.917. The first-order valence-corrected chi connectivity index (χ1v) is 5.99. The molecule has 0 aromatic carbocycles. The van der Waals surface area contributed by atoms with Crippen LogP contribution in [0.25, 0.3) is 0 Å². The Balaban J connectivity index is 0. The van der Waals surface area contributed by atoms with Crippen LogP contribution in [0.15, 0.2) is 0 Å². The van der Waals surface area contributed by atoms with E-state index in [4.69, 9.17) is 5.11 Å². The van der Waals surface area contributed by atoms with Crippen LogP contribution in [-0.4, -0.2) is 11.1 Å². The van der Waals surface area contributed by atoms with E-state index >= 15 is 0 Å². The number of aliphatic carboxylic acids is 1. The van der Waals surface area contributed by atoms with E-state index in [2.05, 4.69) is 6.92 Å². The minimum atomic E-state index is -0.659. The maximum Gasteiger partial charge on any atom is 0.303 e. The minimum Gasteiger partial charge on any atom is -0.481 e. The molecule has 0 aliphatic rings. The quantitative estimate of drug-likeness (QED) is 0.610. The molecule has 0 amide bonds. The summed E-state index contributed by atoms with van der Waals surface area (Å²) in [5, 5.41) is 8.41. The second kappa shape index (κ2) is 14.8. The molecular formula is C12H24O2Pr. The molecule has 0 saturated carbocycles. The molecule has 0 unspecified atom stereocenters. The fourth-order valence-corrected chi connectivity index (χ4v) is 1.59. The molecule has 2 nitrogen and oxygen atoms in total. The molecule has 0 atom stereocenters. The number of hydrogen-bond donors (Lipinski definition) is 1. The third-order valence-corrected chi connectivity index (χ3v) is 2.49. The SMILES string of the molecule is CCCCCCCCCCCC(=O)O.[Pr]. The van der Waals surface area contributed by atoms with Crippen LogP contribution in [0.1, 0.15) is 71.1 Å². The molecule has 1 N–H and O–H groups in total. The molecular weight excluding hydrogens is 317 g/mol. The minimum absolute atomic E-state index is 0. The Morgan fingerprint density at radius 1 is 0.867 bits per heavy atom. The summed E-state index contributed by atoms with van der Waals surface area (Å²) in [6, 6.07) is 0. The van der Waals surface area contributed by atoms with E-state index in [-0.39, 0.29) is 41.3 Å². The van der Waals surface area contributed by atoms with Crippen LogP contribution in [0.4, 0.5) is 0 Å². The third-order valence-electron chi connectivity index (χ3n) is 2.49. The Morgan fingerprint density at radius 3 is 1.67 bits per heavy atom. The summed E-state index contributed by atoms with van der Waals surface area (Å²) in [4.78, 5) is 10.2. The summed E-state index contributed by atoms with van der Waals surface area (Å²) >= 11 is 0. The smallest absolute Gasteiger partial charge is 0.303 e. The number of unbranched alkanes of at least 4 members (excludes halogenated alkanes) is 8. The molecule has 0 aromatic heterocycles. The molecule has 0 aliphatic heterocycles. The van der Waals surface area contributed by atoms with Crippen molar-refractivity contribution < 1.29 is 51.2 Å². The van der Waals surface area contributed by atoms with Crippen LogP contribution in [0.3, 0.4) is 0 Å². The number of hydrogen-bond acceptors (Lipinski definition) is 1. The Labute approximate surface area is 127 Å². The van der Waals surface area contributed by atoms with Crippen LogP contribution in [-0.2, 0) is 4.79 Å². The molecule has 3 heteroatoms. The fourth-order valence-electron chi connectivity index (χ4n) is 1.59. The van der Waals surface area contributed by atoms with Gasteiger partial charge in [0.25, 0.3) is 0 Å². The Morgan fingerprint density at radius 2 is 1.27 bits per heavy atom. The molecule has 0 saturated heterocycles. The summed E-state index contributed by atoms with van der Waals surface area (Å²) in [5.74, 6) is -0.659. The van der Waals surface area contributed by atoms with Gasteiger partial charge in [-0.15, -0.1) is 0 Å². The van der Waals surface area contributed by atoms with Crippen molar-refractivity contribution in [1.82, 2.24) is 0 Å². The van der Waals surface area contributed by atoms with Crippen molar-refractivity contribution in [3.63, 3.8) is 0 Å². The summed E-state index contributed by atoms with van der Waals surface area (Å²) in [5.41, 5.74) is 0. The first-order valence-electron chi connectivity index (χ1n) is 5.99. The van der Waals surface area contributed by atoms with Crippen LogP contribution >= 0.6 is 0 Å². The average Bonchev–Trinajstić information content (AvgIpc) is 2.15. The first-order chi connectivity index (χ1) is 6.77. The van der Waals surface area contributed by atoms with E-state index < -0.39 is 5.97 Å². The summed E-state index contributed by atoms with van der Waals surface area (Å²) in [6.45, 7) is 2.23. The van der Waals surface area contributed by atoms with Gasteiger partial charge in [-0.3, -0.25) is 4.79 Å². The normalized spacial score (nSPS) is 9.67. The van der Waals surface area contributed by atoms with E-state index in [1.54, 1.807) is 0 Å². The predicted octanol–water partition coefficient (Wildman–Crippen LogP) is 3.99. The zero-order chi connectivity index (χ0) is 10.6. The second-order valence-electron chi connectivity index (χ2n) is 3.97. The monoisotopic (exact) mass is 341 g/mol. The summed E-state index contributed by atoms with van der Waals surface area (Å²) in [7, 11) is 0. The Bertz CT molecular complexity index is 138. The summed E-state index contributed by atoms with van der Waals surface area (Å²) < 4.78 is 0. The Hall–Kier alpha value is 0.834. The van der Waals surface area contributed by atoms with E-state index in [1.807, 2.05) is 0 Å². The van der Waals surface area contributed by atoms with Crippen LogP contribution in [0.2, 0.25) is 0 Å². The first kappa shape index (κ1) is 18.2. The van der Waals surface area contributed by atoms with Crippen molar-refractivity contribution in [3.8, 4) is 0 Å². The maximum absolute atomic E-state index is 10.2. The van der Waals surface area contributed by atoms with Gasteiger partial charge in [0.1, 0.15) is 0 Å². The van der Waals surface area contributed by atoms with Crippen LogP contribution < -0.4 is 0 Å². The van der Waals surface area contributed by atoms with Gasteiger partial charge in [-0.2, -0.15) is 0 Å². The van der Waals surface area contributed by atoms with E-state index in [0.717, 1.165) is 12.8 Å². The van der Waals surface area contributed by atoms with Gasteiger partial charge < -0.3 is 5.11 Å². The number of carboxylic acids is 1. The van der Waals surface area contributed by atoms with E-state index in [0.29, 0.717) is 6.42 Å². The van der Waals surface area contributed by atoms with Crippen LogP contribution in [0, 0.1) is 41.3 Å². The number of carbonyl (C=O) groups is 1. The molecule has 0 fully saturated rings. The molecule has 0 bridgehead atoms. The molecule has 0 heterocycles.